The van der Waals surface area contributed by atoms with Crippen LogP contribution in [0.5, 0.6) is 5.75 Å². The van der Waals surface area contributed by atoms with Gasteiger partial charge in [-0.1, -0.05) is 18.2 Å². The van der Waals surface area contributed by atoms with Crippen molar-refractivity contribution in [1.82, 2.24) is 5.32 Å². The van der Waals surface area contributed by atoms with E-state index in [0.29, 0.717) is 5.75 Å². The number of ether oxygens (including phenoxy) is 1. The number of nitrogens with one attached hydrogen (secondary N) is 1. The fourth-order valence-electron chi connectivity index (χ4n) is 1.57. The van der Waals surface area contributed by atoms with Gasteiger partial charge in [-0.15, -0.1) is 0 Å². The first-order valence-corrected chi connectivity index (χ1v) is 6.41. The van der Waals surface area contributed by atoms with Gasteiger partial charge in [-0.25, -0.2) is 4.79 Å². The van der Waals surface area contributed by atoms with Crippen LogP contribution < -0.4 is 10.1 Å². The molecule has 0 bridgehead atoms. The van der Waals surface area contributed by atoms with Crippen LogP contribution in [0.15, 0.2) is 30.3 Å². The topological polar surface area (TPSA) is 113 Å². The number of carboxylic acid groups (broad SMARTS) is 2. The minimum atomic E-state index is -1.26. The van der Waals surface area contributed by atoms with Crippen molar-refractivity contribution < 1.29 is 29.3 Å². The standard InChI is InChI=1S/C14H17NO6/c16-12(8-9-21-10-4-2-1-3-5-10)15-11(14(19)20)6-7-13(17)18/h1-5,11H,6-9H2,(H,15,16)(H,17,18)(H,19,20). The minimum absolute atomic E-state index is 0.00819. The second kappa shape index (κ2) is 8.57. The number of rotatable bonds is 9. The van der Waals surface area contributed by atoms with E-state index in [-0.39, 0.29) is 25.9 Å². The molecule has 1 amide bonds. The van der Waals surface area contributed by atoms with Gasteiger partial charge in [0, 0.05) is 6.42 Å². The van der Waals surface area contributed by atoms with E-state index >= 15 is 0 Å². The number of carbonyl (C=O) groups is 3. The zero-order chi connectivity index (χ0) is 15.7. The van der Waals surface area contributed by atoms with Crippen LogP contribution >= 0.6 is 0 Å². The largest absolute Gasteiger partial charge is 0.493 e. The molecule has 0 radical (unpaired) electrons. The van der Waals surface area contributed by atoms with Gasteiger partial charge in [-0.05, 0) is 18.6 Å². The van der Waals surface area contributed by atoms with Gasteiger partial charge in [0.25, 0.3) is 0 Å². The molecule has 1 unspecified atom stereocenters. The monoisotopic (exact) mass is 295 g/mol. The van der Waals surface area contributed by atoms with Crippen molar-refractivity contribution >= 4 is 17.8 Å². The number of carboxylic acids is 2. The van der Waals surface area contributed by atoms with Crippen molar-refractivity contribution in [2.75, 3.05) is 6.61 Å². The molecule has 0 saturated carbocycles. The van der Waals surface area contributed by atoms with Crippen LogP contribution in [-0.4, -0.2) is 40.7 Å². The summed E-state index contributed by atoms with van der Waals surface area (Å²) < 4.78 is 5.31. The summed E-state index contributed by atoms with van der Waals surface area (Å²) in [4.78, 5) is 32.9. The first kappa shape index (κ1) is 16.5. The zero-order valence-electron chi connectivity index (χ0n) is 11.3. The summed E-state index contributed by atoms with van der Waals surface area (Å²) in [6.07, 6.45) is -0.487. The van der Waals surface area contributed by atoms with Gasteiger partial charge in [0.1, 0.15) is 11.8 Å². The van der Waals surface area contributed by atoms with Crippen molar-refractivity contribution in [3.05, 3.63) is 30.3 Å². The predicted octanol–water partition coefficient (Wildman–Crippen LogP) is 0.890. The van der Waals surface area contributed by atoms with Gasteiger partial charge in [-0.2, -0.15) is 0 Å². The lowest BCUT2D eigenvalue weighted by molar-refractivity contribution is -0.143. The Morgan fingerprint density at radius 2 is 1.76 bits per heavy atom. The van der Waals surface area contributed by atoms with Crippen LogP contribution in [0.25, 0.3) is 0 Å². The molecule has 0 aliphatic rings. The lowest BCUT2D eigenvalue weighted by Crippen LogP contribution is -2.41. The van der Waals surface area contributed by atoms with Gasteiger partial charge >= 0.3 is 11.9 Å². The molecule has 21 heavy (non-hydrogen) atoms. The van der Waals surface area contributed by atoms with E-state index in [9.17, 15) is 14.4 Å². The molecule has 1 atom stereocenters. The maximum absolute atomic E-state index is 11.6. The van der Waals surface area contributed by atoms with E-state index in [1.54, 1.807) is 24.3 Å². The molecule has 1 rings (SSSR count). The maximum atomic E-state index is 11.6. The van der Waals surface area contributed by atoms with Gasteiger partial charge in [0.15, 0.2) is 0 Å². The Hall–Kier alpha value is -2.57. The fourth-order valence-corrected chi connectivity index (χ4v) is 1.57. The quantitative estimate of drug-likeness (QED) is 0.623. The van der Waals surface area contributed by atoms with E-state index in [2.05, 4.69) is 5.32 Å². The molecule has 0 aliphatic carbocycles. The molecule has 0 spiro atoms. The van der Waals surface area contributed by atoms with Crippen LogP contribution in [0.2, 0.25) is 0 Å². The number of amides is 1. The third-order valence-electron chi connectivity index (χ3n) is 2.62. The average Bonchev–Trinajstić information content (AvgIpc) is 2.44. The van der Waals surface area contributed by atoms with Crippen molar-refractivity contribution in [2.24, 2.45) is 0 Å². The van der Waals surface area contributed by atoms with Crippen molar-refractivity contribution in [1.29, 1.82) is 0 Å². The van der Waals surface area contributed by atoms with Crippen LogP contribution in [0.3, 0.4) is 0 Å². The molecule has 0 aromatic heterocycles. The number of para-hydroxylation sites is 1. The molecular weight excluding hydrogens is 278 g/mol. The average molecular weight is 295 g/mol. The Kier molecular flexibility index (Phi) is 6.73. The summed E-state index contributed by atoms with van der Waals surface area (Å²) >= 11 is 0. The van der Waals surface area contributed by atoms with Crippen molar-refractivity contribution in [3.63, 3.8) is 0 Å². The smallest absolute Gasteiger partial charge is 0.326 e. The van der Waals surface area contributed by atoms with E-state index in [0.717, 1.165) is 0 Å². The summed E-state index contributed by atoms with van der Waals surface area (Å²) in [5, 5.41) is 19.7. The molecular formula is C14H17NO6. The SMILES string of the molecule is O=C(O)CCC(NC(=O)CCOc1ccccc1)C(=O)O. The molecule has 3 N–H and O–H groups in total. The number of carbonyl (C=O) groups excluding carboxylic acids is 1. The van der Waals surface area contributed by atoms with Crippen LogP contribution in [0, 0.1) is 0 Å². The molecule has 0 aliphatic heterocycles. The third kappa shape index (κ3) is 6.95. The summed E-state index contributed by atoms with van der Waals surface area (Å²) in [5.74, 6) is -2.24. The first-order chi connectivity index (χ1) is 9.99. The highest BCUT2D eigenvalue weighted by molar-refractivity contribution is 5.84. The molecule has 0 saturated heterocycles. The molecule has 7 heteroatoms. The Morgan fingerprint density at radius 3 is 2.33 bits per heavy atom. The molecule has 0 fully saturated rings. The lowest BCUT2D eigenvalue weighted by atomic mass is 10.1. The second-order valence-corrected chi connectivity index (χ2v) is 4.30. The van der Waals surface area contributed by atoms with Gasteiger partial charge in [0.05, 0.1) is 13.0 Å². The van der Waals surface area contributed by atoms with Crippen LogP contribution in [0.1, 0.15) is 19.3 Å². The van der Waals surface area contributed by atoms with Crippen LogP contribution in [0.4, 0.5) is 0 Å². The Bertz CT molecular complexity index is 487. The highest BCUT2D eigenvalue weighted by atomic mass is 16.5. The predicted molar refractivity (Wildman–Crippen MR) is 73.0 cm³/mol. The van der Waals surface area contributed by atoms with Gasteiger partial charge < -0.3 is 20.3 Å². The summed E-state index contributed by atoms with van der Waals surface area (Å²) in [5.41, 5.74) is 0. The number of hydrogen-bond donors (Lipinski definition) is 3. The van der Waals surface area contributed by atoms with E-state index in [1.807, 2.05) is 6.07 Å². The lowest BCUT2D eigenvalue weighted by Gasteiger charge is -2.13. The third-order valence-corrected chi connectivity index (χ3v) is 2.62. The maximum Gasteiger partial charge on any atom is 0.326 e. The molecule has 114 valence electrons. The van der Waals surface area contributed by atoms with Crippen molar-refractivity contribution in [2.45, 2.75) is 25.3 Å². The second-order valence-electron chi connectivity index (χ2n) is 4.30. The number of benzene rings is 1. The Labute approximate surface area is 121 Å². The molecule has 0 heterocycles. The Balaban J connectivity index is 2.33. The molecule has 1 aromatic rings. The fraction of sp³-hybridized carbons (Fsp3) is 0.357. The van der Waals surface area contributed by atoms with Gasteiger partial charge in [-0.3, -0.25) is 9.59 Å². The summed E-state index contributed by atoms with van der Waals surface area (Å²) in [6, 6.07) is 7.70. The van der Waals surface area contributed by atoms with E-state index < -0.39 is 23.9 Å². The van der Waals surface area contributed by atoms with Crippen LogP contribution in [-0.2, 0) is 14.4 Å². The molecule has 7 nitrogen and oxygen atoms in total. The zero-order valence-corrected chi connectivity index (χ0v) is 11.3. The molecule has 1 aromatic carbocycles. The minimum Gasteiger partial charge on any atom is -0.493 e. The highest BCUT2D eigenvalue weighted by Gasteiger charge is 2.20. The summed E-state index contributed by atoms with van der Waals surface area (Å²) in [6.45, 7) is 0.112. The number of aliphatic carboxylic acids is 2. The van der Waals surface area contributed by atoms with E-state index in [1.165, 1.54) is 0 Å². The highest BCUT2D eigenvalue weighted by Crippen LogP contribution is 2.08. The normalized spacial score (nSPS) is 11.4. The summed E-state index contributed by atoms with van der Waals surface area (Å²) in [7, 11) is 0. The number of hydrogen-bond acceptors (Lipinski definition) is 4. The van der Waals surface area contributed by atoms with Gasteiger partial charge in [0.2, 0.25) is 5.91 Å². The van der Waals surface area contributed by atoms with Crippen molar-refractivity contribution in [3.8, 4) is 5.75 Å². The first-order valence-electron chi connectivity index (χ1n) is 6.41. The van der Waals surface area contributed by atoms with E-state index in [4.69, 9.17) is 14.9 Å². The Morgan fingerprint density at radius 1 is 1.10 bits per heavy atom.